The Morgan fingerprint density at radius 1 is 1.56 bits per heavy atom. The fourth-order valence-corrected chi connectivity index (χ4v) is 4.25. The Balaban J connectivity index is 2.13. The predicted molar refractivity (Wildman–Crippen MR) is 65.8 cm³/mol. The standard InChI is InChI=1S/C12H15NO4S/c14-12(15)11(6-9-2-1-4-13-7-9)10-3-5-18(16,17)8-10/h1-2,4,7,10-11H,3,5-6,8H2,(H,14,15). The number of hydrogen-bond donors (Lipinski definition) is 1. The maximum Gasteiger partial charge on any atom is 0.307 e. The number of carboxylic acid groups (broad SMARTS) is 1. The topological polar surface area (TPSA) is 84.3 Å². The minimum absolute atomic E-state index is 0.00969. The van der Waals surface area contributed by atoms with E-state index in [1.165, 1.54) is 0 Å². The van der Waals surface area contributed by atoms with Crippen molar-refractivity contribution in [2.75, 3.05) is 11.5 Å². The van der Waals surface area contributed by atoms with E-state index < -0.39 is 21.7 Å². The second-order valence-corrected chi connectivity index (χ2v) is 6.90. The van der Waals surface area contributed by atoms with E-state index in [1.807, 2.05) is 6.07 Å². The fourth-order valence-electron chi connectivity index (χ4n) is 2.37. The van der Waals surface area contributed by atoms with Crippen molar-refractivity contribution in [2.45, 2.75) is 12.8 Å². The highest BCUT2D eigenvalue weighted by Crippen LogP contribution is 2.28. The molecule has 1 N–H and O–H groups in total. The van der Waals surface area contributed by atoms with Gasteiger partial charge < -0.3 is 5.11 Å². The summed E-state index contributed by atoms with van der Waals surface area (Å²) in [5, 5.41) is 9.25. The van der Waals surface area contributed by atoms with Crippen LogP contribution in [-0.4, -0.2) is 36.0 Å². The van der Waals surface area contributed by atoms with Crippen molar-refractivity contribution in [3.8, 4) is 0 Å². The number of aromatic nitrogens is 1. The van der Waals surface area contributed by atoms with Crippen molar-refractivity contribution in [3.05, 3.63) is 30.1 Å². The molecule has 0 aromatic carbocycles. The quantitative estimate of drug-likeness (QED) is 0.872. The number of rotatable bonds is 4. The maximum atomic E-state index is 11.4. The Labute approximate surface area is 106 Å². The molecule has 0 spiro atoms. The summed E-state index contributed by atoms with van der Waals surface area (Å²) in [6.45, 7) is 0. The van der Waals surface area contributed by atoms with Crippen LogP contribution >= 0.6 is 0 Å². The zero-order valence-electron chi connectivity index (χ0n) is 9.82. The molecule has 2 unspecified atom stereocenters. The van der Waals surface area contributed by atoms with Crippen LogP contribution in [0, 0.1) is 11.8 Å². The fraction of sp³-hybridized carbons (Fsp3) is 0.500. The van der Waals surface area contributed by atoms with Crippen LogP contribution in [0.3, 0.4) is 0 Å². The van der Waals surface area contributed by atoms with E-state index in [4.69, 9.17) is 0 Å². The van der Waals surface area contributed by atoms with Crippen LogP contribution in [0.5, 0.6) is 0 Å². The third-order valence-electron chi connectivity index (χ3n) is 3.33. The van der Waals surface area contributed by atoms with Crippen LogP contribution in [0.15, 0.2) is 24.5 Å². The number of sulfone groups is 1. The summed E-state index contributed by atoms with van der Waals surface area (Å²) in [4.78, 5) is 15.2. The summed E-state index contributed by atoms with van der Waals surface area (Å²) in [5.74, 6) is -1.77. The smallest absolute Gasteiger partial charge is 0.307 e. The van der Waals surface area contributed by atoms with Crippen molar-refractivity contribution in [1.82, 2.24) is 4.98 Å². The largest absolute Gasteiger partial charge is 0.481 e. The molecule has 2 rings (SSSR count). The summed E-state index contributed by atoms with van der Waals surface area (Å²) >= 11 is 0. The first kappa shape index (κ1) is 13.0. The summed E-state index contributed by atoms with van der Waals surface area (Å²) in [6.07, 6.45) is 4.03. The first-order valence-corrected chi connectivity index (χ1v) is 7.62. The molecule has 0 saturated carbocycles. The van der Waals surface area contributed by atoms with Gasteiger partial charge in [-0.05, 0) is 30.4 Å². The van der Waals surface area contributed by atoms with Crippen molar-refractivity contribution < 1.29 is 18.3 Å². The summed E-state index contributed by atoms with van der Waals surface area (Å²) < 4.78 is 22.8. The number of nitrogens with zero attached hydrogens (tertiary/aromatic N) is 1. The summed E-state index contributed by atoms with van der Waals surface area (Å²) in [5.41, 5.74) is 0.828. The monoisotopic (exact) mass is 269 g/mol. The van der Waals surface area contributed by atoms with Gasteiger partial charge in [-0.3, -0.25) is 9.78 Å². The van der Waals surface area contributed by atoms with Crippen LogP contribution in [0.2, 0.25) is 0 Å². The predicted octanol–water partition coefficient (Wildman–Crippen LogP) is 0.760. The Morgan fingerprint density at radius 3 is 2.83 bits per heavy atom. The molecule has 98 valence electrons. The van der Waals surface area contributed by atoms with Gasteiger partial charge in [-0.1, -0.05) is 6.07 Å². The highest BCUT2D eigenvalue weighted by molar-refractivity contribution is 7.91. The molecule has 1 aliphatic rings. The van der Waals surface area contributed by atoms with E-state index in [-0.39, 0.29) is 17.4 Å². The Morgan fingerprint density at radius 2 is 2.33 bits per heavy atom. The van der Waals surface area contributed by atoms with E-state index in [0.717, 1.165) is 5.56 Å². The lowest BCUT2D eigenvalue weighted by Gasteiger charge is -2.17. The Bertz CT molecular complexity index is 526. The number of pyridine rings is 1. The molecule has 1 fully saturated rings. The van der Waals surface area contributed by atoms with Gasteiger partial charge in [0.15, 0.2) is 9.84 Å². The molecule has 1 aliphatic heterocycles. The third kappa shape index (κ3) is 3.07. The molecule has 5 nitrogen and oxygen atoms in total. The highest BCUT2D eigenvalue weighted by atomic mass is 32.2. The lowest BCUT2D eigenvalue weighted by atomic mass is 9.87. The van der Waals surface area contributed by atoms with Gasteiger partial charge in [0.1, 0.15) is 0 Å². The van der Waals surface area contributed by atoms with Gasteiger partial charge in [0.05, 0.1) is 17.4 Å². The molecule has 0 amide bonds. The summed E-state index contributed by atoms with van der Waals surface area (Å²) in [7, 11) is -3.05. The van der Waals surface area contributed by atoms with E-state index in [0.29, 0.717) is 12.8 Å². The SMILES string of the molecule is O=C(O)C(Cc1cccnc1)C1CCS(=O)(=O)C1. The van der Waals surface area contributed by atoms with Crippen LogP contribution in [0.4, 0.5) is 0 Å². The minimum atomic E-state index is -3.05. The molecule has 0 radical (unpaired) electrons. The minimum Gasteiger partial charge on any atom is -0.481 e. The van der Waals surface area contributed by atoms with Gasteiger partial charge in [0, 0.05) is 12.4 Å². The molecule has 2 atom stereocenters. The molecule has 1 aromatic rings. The van der Waals surface area contributed by atoms with Crippen molar-refractivity contribution >= 4 is 15.8 Å². The van der Waals surface area contributed by atoms with E-state index in [2.05, 4.69) is 4.98 Å². The zero-order chi connectivity index (χ0) is 13.2. The number of hydrogen-bond acceptors (Lipinski definition) is 4. The lowest BCUT2D eigenvalue weighted by Crippen LogP contribution is -2.26. The highest BCUT2D eigenvalue weighted by Gasteiger charge is 2.37. The van der Waals surface area contributed by atoms with Gasteiger partial charge in [0.25, 0.3) is 0 Å². The van der Waals surface area contributed by atoms with Crippen molar-refractivity contribution in [3.63, 3.8) is 0 Å². The summed E-state index contributed by atoms with van der Waals surface area (Å²) in [6, 6.07) is 3.56. The lowest BCUT2D eigenvalue weighted by molar-refractivity contribution is -0.143. The average Bonchev–Trinajstić information content (AvgIpc) is 2.67. The maximum absolute atomic E-state index is 11.4. The molecule has 1 saturated heterocycles. The van der Waals surface area contributed by atoms with Crippen LogP contribution in [0.25, 0.3) is 0 Å². The molecule has 1 aromatic heterocycles. The second kappa shape index (κ2) is 5.06. The van der Waals surface area contributed by atoms with Gasteiger partial charge in [0.2, 0.25) is 0 Å². The normalized spacial score (nSPS) is 23.7. The van der Waals surface area contributed by atoms with Crippen molar-refractivity contribution in [2.24, 2.45) is 11.8 Å². The zero-order valence-corrected chi connectivity index (χ0v) is 10.6. The number of aliphatic carboxylic acids is 1. The van der Waals surface area contributed by atoms with Gasteiger partial charge >= 0.3 is 5.97 Å². The molecule has 18 heavy (non-hydrogen) atoms. The molecule has 2 heterocycles. The number of carboxylic acids is 1. The Kier molecular flexibility index (Phi) is 3.65. The van der Waals surface area contributed by atoms with E-state index in [9.17, 15) is 18.3 Å². The van der Waals surface area contributed by atoms with Crippen LogP contribution in [-0.2, 0) is 21.1 Å². The van der Waals surface area contributed by atoms with Crippen LogP contribution in [0.1, 0.15) is 12.0 Å². The average molecular weight is 269 g/mol. The Hall–Kier alpha value is -1.43. The first-order chi connectivity index (χ1) is 8.48. The van der Waals surface area contributed by atoms with E-state index in [1.54, 1.807) is 18.5 Å². The second-order valence-electron chi connectivity index (χ2n) is 4.67. The van der Waals surface area contributed by atoms with Crippen molar-refractivity contribution in [1.29, 1.82) is 0 Å². The molecular weight excluding hydrogens is 254 g/mol. The molecule has 0 bridgehead atoms. The molecular formula is C12H15NO4S. The van der Waals surface area contributed by atoms with Gasteiger partial charge in [-0.2, -0.15) is 0 Å². The van der Waals surface area contributed by atoms with Gasteiger partial charge in [-0.25, -0.2) is 8.42 Å². The number of carbonyl (C=O) groups is 1. The third-order valence-corrected chi connectivity index (χ3v) is 5.13. The van der Waals surface area contributed by atoms with Crippen LogP contribution < -0.4 is 0 Å². The first-order valence-electron chi connectivity index (χ1n) is 5.80. The van der Waals surface area contributed by atoms with E-state index >= 15 is 0 Å². The molecule has 0 aliphatic carbocycles. The van der Waals surface area contributed by atoms with Gasteiger partial charge in [-0.15, -0.1) is 0 Å². The molecule has 6 heteroatoms.